The summed E-state index contributed by atoms with van der Waals surface area (Å²) in [5.41, 5.74) is 2.24. The molecule has 0 radical (unpaired) electrons. The number of thiophene rings is 1. The summed E-state index contributed by atoms with van der Waals surface area (Å²) in [5, 5.41) is 10.1. The lowest BCUT2D eigenvalue weighted by Crippen LogP contribution is -2.25. The van der Waals surface area contributed by atoms with E-state index in [0.717, 1.165) is 36.1 Å². The average Bonchev–Trinajstić information content (AvgIpc) is 3.44. The molecule has 33 heavy (non-hydrogen) atoms. The van der Waals surface area contributed by atoms with Gasteiger partial charge in [-0.05, 0) is 62.4 Å². The zero-order valence-electron chi connectivity index (χ0n) is 18.4. The third-order valence-corrected chi connectivity index (χ3v) is 8.54. The maximum absolute atomic E-state index is 12.9. The van der Waals surface area contributed by atoms with Gasteiger partial charge in [0.15, 0.2) is 21.3 Å². The molecular weight excluding hydrogens is 462 g/mol. The topological polar surface area (TPSA) is 118 Å². The van der Waals surface area contributed by atoms with Gasteiger partial charge in [0.25, 0.3) is 11.8 Å². The molecule has 0 spiro atoms. The van der Waals surface area contributed by atoms with Gasteiger partial charge in [-0.15, -0.1) is 11.3 Å². The number of nitrogens with zero attached hydrogens (tertiary/aromatic N) is 1. The van der Waals surface area contributed by atoms with Crippen molar-refractivity contribution in [2.75, 3.05) is 17.6 Å². The van der Waals surface area contributed by atoms with Crippen LogP contribution in [0.1, 0.15) is 58.0 Å². The molecule has 2 N–H and O–H groups in total. The van der Waals surface area contributed by atoms with E-state index in [1.807, 2.05) is 6.92 Å². The molecule has 10 heteroatoms. The third-order valence-electron chi connectivity index (χ3n) is 5.58. The molecule has 0 saturated carbocycles. The Hall–Kier alpha value is -2.98. The van der Waals surface area contributed by atoms with E-state index in [9.17, 15) is 18.0 Å². The number of anilines is 1. The summed E-state index contributed by atoms with van der Waals surface area (Å²) in [4.78, 5) is 27.0. The summed E-state index contributed by atoms with van der Waals surface area (Å²) < 4.78 is 29.3. The van der Waals surface area contributed by atoms with Gasteiger partial charge in [0.1, 0.15) is 5.00 Å². The van der Waals surface area contributed by atoms with Crippen LogP contribution in [-0.4, -0.2) is 37.7 Å². The van der Waals surface area contributed by atoms with E-state index in [4.69, 9.17) is 4.52 Å². The normalized spacial score (nSPS) is 13.4. The molecule has 0 atom stereocenters. The van der Waals surface area contributed by atoms with Crippen molar-refractivity contribution in [3.05, 3.63) is 52.0 Å². The molecule has 2 amide bonds. The van der Waals surface area contributed by atoms with Crippen LogP contribution in [0.3, 0.4) is 0 Å². The van der Waals surface area contributed by atoms with E-state index in [2.05, 4.69) is 15.8 Å². The number of fused-ring (bicyclic) bond motifs is 1. The molecule has 0 aliphatic heterocycles. The van der Waals surface area contributed by atoms with Crippen LogP contribution in [0.2, 0.25) is 0 Å². The van der Waals surface area contributed by atoms with Crippen LogP contribution in [0.25, 0.3) is 11.3 Å². The second-order valence-electron chi connectivity index (χ2n) is 7.73. The van der Waals surface area contributed by atoms with Gasteiger partial charge < -0.3 is 15.2 Å². The molecule has 0 fully saturated rings. The van der Waals surface area contributed by atoms with E-state index in [-0.39, 0.29) is 22.2 Å². The second-order valence-corrected chi connectivity index (χ2v) is 11.1. The zero-order chi connectivity index (χ0) is 23.6. The van der Waals surface area contributed by atoms with Crippen molar-refractivity contribution in [3.63, 3.8) is 0 Å². The number of rotatable bonds is 7. The minimum atomic E-state index is -3.30. The first kappa shape index (κ1) is 23.2. The Morgan fingerprint density at radius 2 is 1.82 bits per heavy atom. The van der Waals surface area contributed by atoms with Gasteiger partial charge >= 0.3 is 0 Å². The minimum absolute atomic E-state index is 0.0173. The van der Waals surface area contributed by atoms with Gasteiger partial charge in [-0.1, -0.05) is 12.1 Å². The van der Waals surface area contributed by atoms with Crippen molar-refractivity contribution in [2.24, 2.45) is 0 Å². The van der Waals surface area contributed by atoms with E-state index in [1.54, 1.807) is 19.1 Å². The number of nitrogens with one attached hydrogen (secondary N) is 2. The smallest absolute Gasteiger partial charge is 0.278 e. The molecule has 3 aromatic rings. The average molecular weight is 488 g/mol. The summed E-state index contributed by atoms with van der Waals surface area (Å²) in [5.74, 6) is -0.298. The Bertz CT molecular complexity index is 1290. The van der Waals surface area contributed by atoms with Gasteiger partial charge in [0.05, 0.1) is 16.2 Å². The highest BCUT2D eigenvalue weighted by molar-refractivity contribution is 7.91. The second kappa shape index (κ2) is 9.48. The van der Waals surface area contributed by atoms with Gasteiger partial charge in [-0.25, -0.2) is 8.42 Å². The largest absolute Gasteiger partial charge is 0.355 e. The summed E-state index contributed by atoms with van der Waals surface area (Å²) >= 11 is 1.44. The maximum atomic E-state index is 12.9. The van der Waals surface area contributed by atoms with Gasteiger partial charge in [-0.2, -0.15) is 0 Å². The predicted molar refractivity (Wildman–Crippen MR) is 127 cm³/mol. The molecule has 8 nitrogen and oxygen atoms in total. The highest BCUT2D eigenvalue weighted by Crippen LogP contribution is 2.38. The fourth-order valence-corrected chi connectivity index (χ4v) is 5.99. The highest BCUT2D eigenvalue weighted by atomic mass is 32.2. The van der Waals surface area contributed by atoms with Crippen LogP contribution in [0.5, 0.6) is 0 Å². The minimum Gasteiger partial charge on any atom is -0.355 e. The lowest BCUT2D eigenvalue weighted by atomic mass is 9.95. The molecule has 2 aromatic heterocycles. The quantitative estimate of drug-likeness (QED) is 0.518. The number of amides is 2. The molecule has 1 aliphatic carbocycles. The van der Waals surface area contributed by atoms with E-state index < -0.39 is 15.7 Å². The predicted octanol–water partition coefficient (Wildman–Crippen LogP) is 4.08. The number of carbonyl (C=O) groups is 2. The molecule has 4 rings (SSSR count). The molecule has 1 aromatic carbocycles. The van der Waals surface area contributed by atoms with E-state index in [1.165, 1.54) is 29.5 Å². The van der Waals surface area contributed by atoms with Gasteiger partial charge in [0.2, 0.25) is 0 Å². The number of carbonyl (C=O) groups excluding carboxylic acids is 2. The standard InChI is InChI=1S/C23H25N3O5S2/c1-3-24-22(28)20-16-7-5-6-8-19(16)32-23(20)25-21(27)17-13-18(31-26-17)14-9-11-15(12-10-14)33(29,30)4-2/h9-13H,3-8H2,1-2H3,(H,24,28)(H,25,27). The molecular formula is C23H25N3O5S2. The van der Waals surface area contributed by atoms with Crippen molar-refractivity contribution >= 4 is 38.0 Å². The van der Waals surface area contributed by atoms with Crippen molar-refractivity contribution in [3.8, 4) is 11.3 Å². The Morgan fingerprint density at radius 1 is 1.09 bits per heavy atom. The summed E-state index contributed by atoms with van der Waals surface area (Å²) in [6, 6.07) is 7.74. The number of hydrogen-bond acceptors (Lipinski definition) is 7. The van der Waals surface area contributed by atoms with Crippen LogP contribution < -0.4 is 10.6 Å². The number of benzene rings is 1. The van der Waals surface area contributed by atoms with Crippen molar-refractivity contribution in [2.45, 2.75) is 44.4 Å². The Morgan fingerprint density at radius 3 is 2.52 bits per heavy atom. The Labute approximate surface area is 196 Å². The molecule has 0 unspecified atom stereocenters. The van der Waals surface area contributed by atoms with Crippen molar-refractivity contribution in [1.29, 1.82) is 0 Å². The van der Waals surface area contributed by atoms with Crippen LogP contribution in [0.4, 0.5) is 5.00 Å². The molecule has 2 heterocycles. The Kier molecular flexibility index (Phi) is 6.66. The molecule has 1 aliphatic rings. The number of hydrogen-bond donors (Lipinski definition) is 2. The van der Waals surface area contributed by atoms with Crippen molar-refractivity contribution in [1.82, 2.24) is 10.5 Å². The maximum Gasteiger partial charge on any atom is 0.278 e. The zero-order valence-corrected chi connectivity index (χ0v) is 20.1. The summed E-state index contributed by atoms with van der Waals surface area (Å²) in [7, 11) is -3.30. The van der Waals surface area contributed by atoms with E-state index >= 15 is 0 Å². The first-order chi connectivity index (χ1) is 15.8. The summed E-state index contributed by atoms with van der Waals surface area (Å²) in [6.45, 7) is 3.95. The van der Waals surface area contributed by atoms with E-state index in [0.29, 0.717) is 28.4 Å². The third kappa shape index (κ3) is 4.72. The fourth-order valence-electron chi connectivity index (χ4n) is 3.82. The number of sulfone groups is 1. The summed E-state index contributed by atoms with van der Waals surface area (Å²) in [6.07, 6.45) is 3.82. The fraction of sp³-hybridized carbons (Fsp3) is 0.348. The van der Waals surface area contributed by atoms with Crippen LogP contribution in [0.15, 0.2) is 39.8 Å². The number of aromatic nitrogens is 1. The molecule has 0 saturated heterocycles. The molecule has 174 valence electrons. The van der Waals surface area contributed by atoms with Crippen LogP contribution >= 0.6 is 11.3 Å². The van der Waals surface area contributed by atoms with Crippen LogP contribution in [0, 0.1) is 0 Å². The SMILES string of the molecule is CCNC(=O)c1c(NC(=O)c2cc(-c3ccc(S(=O)(=O)CC)cc3)on2)sc2c1CCCC2. The van der Waals surface area contributed by atoms with Gasteiger partial charge in [-0.3, -0.25) is 9.59 Å². The first-order valence-electron chi connectivity index (χ1n) is 10.9. The van der Waals surface area contributed by atoms with Crippen molar-refractivity contribution < 1.29 is 22.5 Å². The van der Waals surface area contributed by atoms with Crippen LogP contribution in [-0.2, 0) is 22.7 Å². The molecule has 0 bridgehead atoms. The number of aryl methyl sites for hydroxylation is 1. The highest BCUT2D eigenvalue weighted by Gasteiger charge is 2.27. The first-order valence-corrected chi connectivity index (χ1v) is 13.3. The lowest BCUT2D eigenvalue weighted by molar-refractivity contribution is 0.0956. The Balaban J connectivity index is 1.56. The monoisotopic (exact) mass is 487 g/mol. The lowest BCUT2D eigenvalue weighted by Gasteiger charge is -2.12. The van der Waals surface area contributed by atoms with Gasteiger partial charge in [0, 0.05) is 23.1 Å².